The van der Waals surface area contributed by atoms with E-state index >= 15 is 0 Å². The van der Waals surface area contributed by atoms with Crippen LogP contribution in [0.15, 0.2) is 18.2 Å². The summed E-state index contributed by atoms with van der Waals surface area (Å²) < 4.78 is 13.0. The van der Waals surface area contributed by atoms with E-state index in [0.717, 1.165) is 5.56 Å². The van der Waals surface area contributed by atoms with E-state index in [9.17, 15) is 4.39 Å². The van der Waals surface area contributed by atoms with Gasteiger partial charge in [0.1, 0.15) is 5.82 Å². The van der Waals surface area contributed by atoms with Crippen molar-refractivity contribution in [3.8, 4) is 0 Å². The fraction of sp³-hybridized carbons (Fsp3) is 0.600. The van der Waals surface area contributed by atoms with Gasteiger partial charge in [-0.3, -0.25) is 0 Å². The number of hydrogen-bond donors (Lipinski definition) is 0. The molecule has 0 heterocycles. The third-order valence-electron chi connectivity index (χ3n) is 3.21. The molecule has 0 aromatic heterocycles. The Morgan fingerprint density at radius 2 is 1.88 bits per heavy atom. The predicted octanol–water partition coefficient (Wildman–Crippen LogP) is 5.21. The molecule has 0 saturated carbocycles. The molecule has 0 amide bonds. The summed E-state index contributed by atoms with van der Waals surface area (Å²) in [5.74, 6) is 0.498. The van der Waals surface area contributed by atoms with E-state index in [2.05, 4.69) is 13.8 Å². The molecule has 1 atom stereocenters. The summed E-state index contributed by atoms with van der Waals surface area (Å²) in [7, 11) is 0. The number of unbranched alkanes of at least 4 members (excludes halogenated alkanes) is 1. The lowest BCUT2D eigenvalue weighted by Crippen LogP contribution is -2.01. The zero-order valence-corrected chi connectivity index (χ0v) is 10.7. The lowest BCUT2D eigenvalue weighted by Gasteiger charge is -2.18. The molecule has 1 heteroatoms. The van der Waals surface area contributed by atoms with Crippen molar-refractivity contribution in [2.45, 2.75) is 58.8 Å². The second-order valence-corrected chi connectivity index (χ2v) is 4.63. The lowest BCUT2D eigenvalue weighted by atomic mass is 9.87. The van der Waals surface area contributed by atoms with E-state index in [0.29, 0.717) is 5.92 Å². The number of rotatable bonds is 6. The van der Waals surface area contributed by atoms with Gasteiger partial charge in [0.25, 0.3) is 0 Å². The van der Waals surface area contributed by atoms with Crippen LogP contribution >= 0.6 is 0 Å². The summed E-state index contributed by atoms with van der Waals surface area (Å²) in [6.07, 6.45) is 6.15. The van der Waals surface area contributed by atoms with E-state index in [1.165, 1.54) is 37.7 Å². The summed E-state index contributed by atoms with van der Waals surface area (Å²) in [6.45, 7) is 6.46. The van der Waals surface area contributed by atoms with Crippen molar-refractivity contribution in [2.24, 2.45) is 0 Å². The van der Waals surface area contributed by atoms with Crippen molar-refractivity contribution >= 4 is 0 Å². The molecule has 0 fully saturated rings. The summed E-state index contributed by atoms with van der Waals surface area (Å²) in [4.78, 5) is 0. The third kappa shape index (κ3) is 3.62. The molecule has 0 N–H and O–H groups in total. The standard InChI is InChI=1S/C15H23F/c1-4-6-8-13(7-5-2)15-10-9-14(16)11-12(15)3/h9-11,13H,4-8H2,1-3H3. The van der Waals surface area contributed by atoms with E-state index < -0.39 is 0 Å². The van der Waals surface area contributed by atoms with Gasteiger partial charge in [0.2, 0.25) is 0 Å². The van der Waals surface area contributed by atoms with Crippen LogP contribution in [-0.2, 0) is 0 Å². The number of halogens is 1. The Morgan fingerprint density at radius 1 is 1.12 bits per heavy atom. The quantitative estimate of drug-likeness (QED) is 0.620. The highest BCUT2D eigenvalue weighted by molar-refractivity contribution is 5.29. The van der Waals surface area contributed by atoms with Crippen molar-refractivity contribution in [1.29, 1.82) is 0 Å². The molecule has 1 aromatic carbocycles. The zero-order chi connectivity index (χ0) is 12.0. The van der Waals surface area contributed by atoms with Crippen LogP contribution in [0.5, 0.6) is 0 Å². The van der Waals surface area contributed by atoms with Crippen LogP contribution in [0, 0.1) is 12.7 Å². The molecule has 0 aliphatic heterocycles. The molecule has 0 aliphatic rings. The first kappa shape index (κ1) is 13.2. The molecule has 1 unspecified atom stereocenters. The average molecular weight is 222 g/mol. The molecule has 90 valence electrons. The highest BCUT2D eigenvalue weighted by Gasteiger charge is 2.12. The van der Waals surface area contributed by atoms with Crippen LogP contribution in [0.3, 0.4) is 0 Å². The van der Waals surface area contributed by atoms with Gasteiger partial charge < -0.3 is 0 Å². The summed E-state index contributed by atoms with van der Waals surface area (Å²) >= 11 is 0. The topological polar surface area (TPSA) is 0 Å². The monoisotopic (exact) mass is 222 g/mol. The van der Waals surface area contributed by atoms with E-state index in [4.69, 9.17) is 0 Å². The van der Waals surface area contributed by atoms with Crippen molar-refractivity contribution in [1.82, 2.24) is 0 Å². The Hall–Kier alpha value is -0.850. The predicted molar refractivity (Wildman–Crippen MR) is 68.3 cm³/mol. The van der Waals surface area contributed by atoms with Gasteiger partial charge in [0.05, 0.1) is 0 Å². The van der Waals surface area contributed by atoms with Crippen LogP contribution in [0.1, 0.15) is 63.0 Å². The molecule has 0 aliphatic carbocycles. The molecule has 16 heavy (non-hydrogen) atoms. The minimum atomic E-state index is -0.119. The Morgan fingerprint density at radius 3 is 2.44 bits per heavy atom. The van der Waals surface area contributed by atoms with Crippen LogP contribution in [-0.4, -0.2) is 0 Å². The average Bonchev–Trinajstić information content (AvgIpc) is 2.25. The zero-order valence-electron chi connectivity index (χ0n) is 10.7. The van der Waals surface area contributed by atoms with E-state index in [-0.39, 0.29) is 5.82 Å². The van der Waals surface area contributed by atoms with E-state index in [1.807, 2.05) is 13.0 Å². The SMILES string of the molecule is CCCCC(CCC)c1ccc(F)cc1C. The molecule has 0 nitrogen and oxygen atoms in total. The number of benzene rings is 1. The van der Waals surface area contributed by atoms with Gasteiger partial charge in [-0.25, -0.2) is 4.39 Å². The number of aryl methyl sites for hydroxylation is 1. The second-order valence-electron chi connectivity index (χ2n) is 4.63. The first-order valence-corrected chi connectivity index (χ1v) is 6.45. The van der Waals surface area contributed by atoms with Gasteiger partial charge in [-0.15, -0.1) is 0 Å². The summed E-state index contributed by atoms with van der Waals surface area (Å²) in [6, 6.07) is 5.22. The first-order valence-electron chi connectivity index (χ1n) is 6.45. The van der Waals surface area contributed by atoms with Gasteiger partial charge in [0, 0.05) is 0 Å². The minimum absolute atomic E-state index is 0.119. The Kier molecular flexibility index (Phi) is 5.51. The van der Waals surface area contributed by atoms with E-state index in [1.54, 1.807) is 12.1 Å². The van der Waals surface area contributed by atoms with Crippen molar-refractivity contribution < 1.29 is 4.39 Å². The normalized spacial score (nSPS) is 12.8. The van der Waals surface area contributed by atoms with Crippen LogP contribution in [0.2, 0.25) is 0 Å². The van der Waals surface area contributed by atoms with Gasteiger partial charge in [0.15, 0.2) is 0 Å². The molecular weight excluding hydrogens is 199 g/mol. The molecular formula is C15H23F. The molecule has 1 rings (SSSR count). The second kappa shape index (κ2) is 6.67. The maximum atomic E-state index is 13.0. The van der Waals surface area contributed by atoms with Crippen LogP contribution < -0.4 is 0 Å². The van der Waals surface area contributed by atoms with Gasteiger partial charge in [-0.2, -0.15) is 0 Å². The van der Waals surface area contributed by atoms with Gasteiger partial charge in [-0.05, 0) is 48.9 Å². The Bertz CT molecular complexity index is 317. The summed E-state index contributed by atoms with van der Waals surface area (Å²) in [5, 5.41) is 0. The highest BCUT2D eigenvalue weighted by Crippen LogP contribution is 2.29. The lowest BCUT2D eigenvalue weighted by molar-refractivity contribution is 0.537. The maximum Gasteiger partial charge on any atom is 0.123 e. The van der Waals surface area contributed by atoms with Crippen LogP contribution in [0.25, 0.3) is 0 Å². The fourth-order valence-corrected chi connectivity index (χ4v) is 2.35. The van der Waals surface area contributed by atoms with Crippen molar-refractivity contribution in [3.63, 3.8) is 0 Å². The Labute approximate surface area is 98.9 Å². The Balaban J connectivity index is 2.82. The van der Waals surface area contributed by atoms with Gasteiger partial charge in [-0.1, -0.05) is 39.2 Å². The molecule has 1 aromatic rings. The molecule has 0 spiro atoms. The molecule has 0 saturated heterocycles. The smallest absolute Gasteiger partial charge is 0.123 e. The molecule has 0 radical (unpaired) electrons. The summed E-state index contributed by atoms with van der Waals surface area (Å²) in [5.41, 5.74) is 2.45. The minimum Gasteiger partial charge on any atom is -0.207 e. The fourth-order valence-electron chi connectivity index (χ4n) is 2.35. The maximum absolute atomic E-state index is 13.0. The van der Waals surface area contributed by atoms with Crippen molar-refractivity contribution in [2.75, 3.05) is 0 Å². The largest absolute Gasteiger partial charge is 0.207 e. The number of hydrogen-bond acceptors (Lipinski definition) is 0. The highest BCUT2D eigenvalue weighted by atomic mass is 19.1. The van der Waals surface area contributed by atoms with Gasteiger partial charge >= 0.3 is 0 Å². The third-order valence-corrected chi connectivity index (χ3v) is 3.21. The molecule has 0 bridgehead atoms. The van der Waals surface area contributed by atoms with Crippen LogP contribution in [0.4, 0.5) is 4.39 Å². The first-order chi connectivity index (χ1) is 7.69. The van der Waals surface area contributed by atoms with Crippen molar-refractivity contribution in [3.05, 3.63) is 35.1 Å².